The van der Waals surface area contributed by atoms with Gasteiger partial charge in [-0.1, -0.05) is 0 Å². The molecule has 3 aromatic rings. The molecule has 0 spiro atoms. The van der Waals surface area contributed by atoms with E-state index in [0.717, 1.165) is 34.8 Å². The van der Waals surface area contributed by atoms with Gasteiger partial charge in [0.2, 0.25) is 0 Å². The molecule has 0 bridgehead atoms. The molecule has 3 heterocycles. The van der Waals surface area contributed by atoms with Crippen LogP contribution in [0.1, 0.15) is 11.3 Å². The molecule has 0 aliphatic rings. The van der Waals surface area contributed by atoms with Gasteiger partial charge in [-0.05, 0) is 30.0 Å². The Labute approximate surface area is 109 Å². The Morgan fingerprint density at radius 2 is 2.33 bits per heavy atom. The first-order chi connectivity index (χ1) is 8.84. The van der Waals surface area contributed by atoms with Gasteiger partial charge in [-0.3, -0.25) is 0 Å². The topological polar surface area (TPSA) is 51.0 Å². The number of hydrogen-bond acceptors (Lipinski definition) is 5. The zero-order chi connectivity index (χ0) is 12.4. The lowest BCUT2D eigenvalue weighted by molar-refractivity contribution is 0.513. The highest BCUT2D eigenvalue weighted by Crippen LogP contribution is 2.28. The van der Waals surface area contributed by atoms with Crippen molar-refractivity contribution in [2.45, 2.75) is 13.3 Å². The zero-order valence-electron chi connectivity index (χ0n) is 10.0. The summed E-state index contributed by atoms with van der Waals surface area (Å²) in [6, 6.07) is 3.88. The molecule has 0 amide bonds. The molecule has 0 aliphatic carbocycles. The number of furan rings is 1. The smallest absolute Gasteiger partial charge is 0.147 e. The minimum Gasteiger partial charge on any atom is -0.469 e. The average molecular weight is 259 g/mol. The minimum atomic E-state index is 0.802. The van der Waals surface area contributed by atoms with Crippen LogP contribution in [0.4, 0.5) is 5.82 Å². The predicted octanol–water partition coefficient (Wildman–Crippen LogP) is 3.25. The molecule has 0 atom stereocenters. The summed E-state index contributed by atoms with van der Waals surface area (Å²) < 4.78 is 6.41. The van der Waals surface area contributed by atoms with E-state index in [1.165, 1.54) is 5.56 Å². The van der Waals surface area contributed by atoms with E-state index in [9.17, 15) is 0 Å². The fourth-order valence-electron chi connectivity index (χ4n) is 1.85. The third-order valence-corrected chi connectivity index (χ3v) is 3.87. The van der Waals surface area contributed by atoms with Crippen LogP contribution in [0.2, 0.25) is 0 Å². The summed E-state index contributed by atoms with van der Waals surface area (Å²) in [5.41, 5.74) is 2.24. The summed E-state index contributed by atoms with van der Waals surface area (Å²) in [5, 5.41) is 5.45. The average Bonchev–Trinajstić information content (AvgIpc) is 3.01. The lowest BCUT2D eigenvalue weighted by Gasteiger charge is -2.04. The van der Waals surface area contributed by atoms with Crippen LogP contribution < -0.4 is 5.32 Å². The van der Waals surface area contributed by atoms with Crippen LogP contribution in [0.25, 0.3) is 10.2 Å². The fourth-order valence-corrected chi connectivity index (χ4v) is 2.82. The number of nitrogens with zero attached hydrogens (tertiary/aromatic N) is 2. The normalized spacial score (nSPS) is 10.9. The van der Waals surface area contributed by atoms with Gasteiger partial charge in [0.15, 0.2) is 0 Å². The van der Waals surface area contributed by atoms with Crippen LogP contribution in [0, 0.1) is 6.92 Å². The van der Waals surface area contributed by atoms with Crippen LogP contribution in [0.15, 0.2) is 34.5 Å². The van der Waals surface area contributed by atoms with Gasteiger partial charge in [0.25, 0.3) is 0 Å². The predicted molar refractivity (Wildman–Crippen MR) is 73.1 cm³/mol. The largest absolute Gasteiger partial charge is 0.469 e. The van der Waals surface area contributed by atoms with E-state index in [1.54, 1.807) is 23.9 Å². The summed E-state index contributed by atoms with van der Waals surface area (Å²) >= 11 is 1.68. The van der Waals surface area contributed by atoms with E-state index < -0.39 is 0 Å². The standard InChI is InChI=1S/C13H13N3OS/c1-9-7-18-12-11(9)15-8-16-13(12)14-5-4-10-3-2-6-17-10/h2-3,6-8H,4-5H2,1H3,(H,14,15,16). The molecule has 0 unspecified atom stereocenters. The number of thiophene rings is 1. The first-order valence-corrected chi connectivity index (χ1v) is 6.67. The highest BCUT2D eigenvalue weighted by Gasteiger charge is 2.07. The Kier molecular flexibility index (Phi) is 2.98. The van der Waals surface area contributed by atoms with Gasteiger partial charge in [-0.25, -0.2) is 9.97 Å². The second-order valence-electron chi connectivity index (χ2n) is 4.07. The fraction of sp³-hybridized carbons (Fsp3) is 0.231. The van der Waals surface area contributed by atoms with Crippen molar-refractivity contribution in [2.75, 3.05) is 11.9 Å². The number of aromatic nitrogens is 2. The monoisotopic (exact) mass is 259 g/mol. The van der Waals surface area contributed by atoms with Crippen LogP contribution in [-0.4, -0.2) is 16.5 Å². The Morgan fingerprint density at radius 3 is 3.17 bits per heavy atom. The van der Waals surface area contributed by atoms with Crippen molar-refractivity contribution in [3.63, 3.8) is 0 Å². The maximum absolute atomic E-state index is 5.29. The molecule has 1 N–H and O–H groups in total. The number of nitrogens with one attached hydrogen (secondary N) is 1. The molecule has 0 aromatic carbocycles. The SMILES string of the molecule is Cc1csc2c(NCCc3ccco3)ncnc12. The molecule has 0 fully saturated rings. The van der Waals surface area contributed by atoms with E-state index in [0.29, 0.717) is 0 Å². The quantitative estimate of drug-likeness (QED) is 0.781. The molecule has 18 heavy (non-hydrogen) atoms. The molecule has 0 radical (unpaired) electrons. The van der Waals surface area contributed by atoms with Gasteiger partial charge in [-0.15, -0.1) is 11.3 Å². The number of aryl methyl sites for hydroxylation is 1. The van der Waals surface area contributed by atoms with Crippen molar-refractivity contribution in [1.82, 2.24) is 9.97 Å². The molecular formula is C13H13N3OS. The second kappa shape index (κ2) is 4.78. The molecule has 5 heteroatoms. The van der Waals surface area contributed by atoms with E-state index in [2.05, 4.69) is 27.6 Å². The maximum Gasteiger partial charge on any atom is 0.147 e. The summed E-state index contributed by atoms with van der Waals surface area (Å²) in [7, 11) is 0. The summed E-state index contributed by atoms with van der Waals surface area (Å²) in [6.07, 6.45) is 4.15. The summed E-state index contributed by atoms with van der Waals surface area (Å²) in [6.45, 7) is 2.87. The number of anilines is 1. The van der Waals surface area contributed by atoms with Crippen molar-refractivity contribution >= 4 is 27.4 Å². The molecule has 92 valence electrons. The van der Waals surface area contributed by atoms with E-state index >= 15 is 0 Å². The highest BCUT2D eigenvalue weighted by atomic mass is 32.1. The third kappa shape index (κ3) is 2.09. The van der Waals surface area contributed by atoms with E-state index in [1.807, 2.05) is 12.1 Å². The van der Waals surface area contributed by atoms with Crippen molar-refractivity contribution < 1.29 is 4.42 Å². The molecular weight excluding hydrogens is 246 g/mol. The second-order valence-corrected chi connectivity index (χ2v) is 4.95. The third-order valence-electron chi connectivity index (χ3n) is 2.77. The van der Waals surface area contributed by atoms with E-state index in [4.69, 9.17) is 4.42 Å². The Balaban J connectivity index is 1.74. The Morgan fingerprint density at radius 1 is 1.39 bits per heavy atom. The minimum absolute atomic E-state index is 0.802. The van der Waals surface area contributed by atoms with Gasteiger partial charge in [0.1, 0.15) is 17.9 Å². The summed E-state index contributed by atoms with van der Waals surface area (Å²) in [4.78, 5) is 8.60. The van der Waals surface area contributed by atoms with E-state index in [-0.39, 0.29) is 0 Å². The van der Waals surface area contributed by atoms with Crippen LogP contribution in [0.5, 0.6) is 0 Å². The number of fused-ring (bicyclic) bond motifs is 1. The molecule has 0 aliphatic heterocycles. The number of hydrogen-bond donors (Lipinski definition) is 1. The Hall–Kier alpha value is -1.88. The van der Waals surface area contributed by atoms with Crippen LogP contribution in [-0.2, 0) is 6.42 Å². The molecule has 3 aromatic heterocycles. The first kappa shape index (κ1) is 11.2. The number of rotatable bonds is 4. The summed E-state index contributed by atoms with van der Waals surface area (Å²) in [5.74, 6) is 1.89. The van der Waals surface area contributed by atoms with Crippen LogP contribution in [0.3, 0.4) is 0 Å². The Bertz CT molecular complexity index is 645. The molecule has 4 nitrogen and oxygen atoms in total. The van der Waals surface area contributed by atoms with Crippen molar-refractivity contribution in [1.29, 1.82) is 0 Å². The van der Waals surface area contributed by atoms with Gasteiger partial charge in [0, 0.05) is 13.0 Å². The molecule has 0 saturated heterocycles. The highest BCUT2D eigenvalue weighted by molar-refractivity contribution is 7.18. The lowest BCUT2D eigenvalue weighted by Crippen LogP contribution is -2.06. The van der Waals surface area contributed by atoms with Gasteiger partial charge in [-0.2, -0.15) is 0 Å². The van der Waals surface area contributed by atoms with Crippen molar-refractivity contribution in [2.24, 2.45) is 0 Å². The maximum atomic E-state index is 5.29. The van der Waals surface area contributed by atoms with Crippen molar-refractivity contribution in [3.05, 3.63) is 41.4 Å². The van der Waals surface area contributed by atoms with Gasteiger partial charge >= 0.3 is 0 Å². The zero-order valence-corrected chi connectivity index (χ0v) is 10.8. The van der Waals surface area contributed by atoms with Gasteiger partial charge in [0.05, 0.1) is 16.5 Å². The lowest BCUT2D eigenvalue weighted by atomic mass is 10.3. The molecule has 0 saturated carbocycles. The molecule has 3 rings (SSSR count). The van der Waals surface area contributed by atoms with Crippen LogP contribution >= 0.6 is 11.3 Å². The first-order valence-electron chi connectivity index (χ1n) is 5.79. The van der Waals surface area contributed by atoms with Crippen molar-refractivity contribution in [3.8, 4) is 0 Å². The van der Waals surface area contributed by atoms with Gasteiger partial charge < -0.3 is 9.73 Å².